The van der Waals surface area contributed by atoms with Crippen molar-refractivity contribution in [3.05, 3.63) is 76.4 Å². The van der Waals surface area contributed by atoms with Crippen molar-refractivity contribution < 1.29 is 9.53 Å². The number of ether oxygens (including phenoxy) is 1. The molecule has 2 saturated heterocycles. The van der Waals surface area contributed by atoms with Gasteiger partial charge < -0.3 is 25.6 Å². The molecule has 2 fully saturated rings. The fraction of sp³-hybridized carbons (Fsp3) is 0.346. The maximum absolute atomic E-state index is 13.1. The second kappa shape index (κ2) is 10.1. The van der Waals surface area contributed by atoms with Crippen LogP contribution in [0.4, 0.5) is 11.8 Å². The molecule has 1 aromatic heterocycles. The number of carbonyl (C=O) groups is 1. The lowest BCUT2D eigenvalue weighted by Crippen LogP contribution is -2.54. The Morgan fingerprint density at radius 3 is 2.69 bits per heavy atom. The summed E-state index contributed by atoms with van der Waals surface area (Å²) in [5.74, 6) is 1.54. The van der Waals surface area contributed by atoms with Crippen LogP contribution in [0.2, 0.25) is 5.02 Å². The van der Waals surface area contributed by atoms with Gasteiger partial charge in [0.05, 0.1) is 12.1 Å². The van der Waals surface area contributed by atoms with Gasteiger partial charge in [0.25, 0.3) is 5.91 Å². The van der Waals surface area contributed by atoms with Crippen LogP contribution in [0, 0.1) is 5.41 Å². The van der Waals surface area contributed by atoms with Crippen molar-refractivity contribution in [3.8, 4) is 5.75 Å². The van der Waals surface area contributed by atoms with Crippen LogP contribution < -0.4 is 25.6 Å². The van der Waals surface area contributed by atoms with Crippen LogP contribution in [0.25, 0.3) is 0 Å². The van der Waals surface area contributed by atoms with E-state index in [1.807, 2.05) is 48.5 Å². The van der Waals surface area contributed by atoms with Gasteiger partial charge in [-0.05, 0) is 29.7 Å². The summed E-state index contributed by atoms with van der Waals surface area (Å²) >= 11 is 6.30. The first-order chi connectivity index (χ1) is 17.0. The molecular weight excluding hydrogens is 464 g/mol. The van der Waals surface area contributed by atoms with E-state index in [9.17, 15) is 4.79 Å². The molecular formula is C26H29ClN6O2. The molecule has 8 nitrogen and oxygen atoms in total. The Morgan fingerprint density at radius 1 is 1.17 bits per heavy atom. The SMILES string of the molecule is COc1ccc(CNc2nc(N3CCC4(CNC4)C3)ncc2C(=O)NCc2ccccc2)cc1Cl. The molecule has 35 heavy (non-hydrogen) atoms. The van der Waals surface area contributed by atoms with Gasteiger partial charge in [-0.25, -0.2) is 4.98 Å². The van der Waals surface area contributed by atoms with Gasteiger partial charge in [-0.2, -0.15) is 4.98 Å². The van der Waals surface area contributed by atoms with Crippen LogP contribution >= 0.6 is 11.6 Å². The standard InChI is InChI=1S/C26H29ClN6O2/c1-35-22-8-7-19(11-21(22)27)13-29-23-20(24(34)30-12-18-5-3-2-4-6-18)14-31-25(32-23)33-10-9-26(17-33)15-28-16-26/h2-8,11,14,28H,9-10,12-13,15-17H2,1H3,(H,30,34)(H,29,31,32). The molecule has 1 spiro atoms. The fourth-order valence-corrected chi connectivity index (χ4v) is 4.86. The Morgan fingerprint density at radius 2 is 2.00 bits per heavy atom. The number of nitrogens with zero attached hydrogens (tertiary/aromatic N) is 3. The van der Waals surface area contributed by atoms with Gasteiger partial charge in [-0.1, -0.05) is 48.0 Å². The lowest BCUT2D eigenvalue weighted by atomic mass is 9.81. The highest BCUT2D eigenvalue weighted by molar-refractivity contribution is 6.32. The molecule has 9 heteroatoms. The van der Waals surface area contributed by atoms with E-state index in [4.69, 9.17) is 21.3 Å². The van der Waals surface area contributed by atoms with Gasteiger partial charge in [0.1, 0.15) is 17.1 Å². The Labute approximate surface area is 210 Å². The first-order valence-corrected chi connectivity index (χ1v) is 12.1. The van der Waals surface area contributed by atoms with E-state index in [0.29, 0.717) is 46.6 Å². The molecule has 3 heterocycles. The number of aromatic nitrogens is 2. The van der Waals surface area contributed by atoms with Crippen LogP contribution in [-0.4, -0.2) is 49.2 Å². The Bertz CT molecular complexity index is 1200. The molecule has 0 aliphatic carbocycles. The fourth-order valence-electron chi connectivity index (χ4n) is 4.58. The molecule has 0 unspecified atom stereocenters. The van der Waals surface area contributed by atoms with Gasteiger partial charge in [0.2, 0.25) is 5.95 Å². The molecule has 0 bridgehead atoms. The molecule has 1 amide bonds. The summed E-state index contributed by atoms with van der Waals surface area (Å²) < 4.78 is 5.24. The predicted octanol–water partition coefficient (Wildman–Crippen LogP) is 3.48. The van der Waals surface area contributed by atoms with Crippen LogP contribution in [0.5, 0.6) is 5.75 Å². The molecule has 3 aromatic rings. The van der Waals surface area contributed by atoms with Crippen molar-refractivity contribution in [1.82, 2.24) is 20.6 Å². The summed E-state index contributed by atoms with van der Waals surface area (Å²) in [6.07, 6.45) is 2.74. The number of rotatable bonds is 8. The molecule has 2 aliphatic heterocycles. The second-order valence-electron chi connectivity index (χ2n) is 9.20. The predicted molar refractivity (Wildman–Crippen MR) is 137 cm³/mol. The summed E-state index contributed by atoms with van der Waals surface area (Å²) in [5, 5.41) is 10.2. The zero-order chi connectivity index (χ0) is 24.3. The summed E-state index contributed by atoms with van der Waals surface area (Å²) in [7, 11) is 1.59. The minimum Gasteiger partial charge on any atom is -0.495 e. The number of halogens is 1. The summed E-state index contributed by atoms with van der Waals surface area (Å²) in [4.78, 5) is 24.7. The second-order valence-corrected chi connectivity index (χ2v) is 9.61. The molecule has 0 atom stereocenters. The zero-order valence-corrected chi connectivity index (χ0v) is 20.4. The Hall–Kier alpha value is -3.36. The minimum atomic E-state index is -0.225. The highest BCUT2D eigenvalue weighted by Crippen LogP contribution is 2.36. The molecule has 3 N–H and O–H groups in total. The normalized spacial score (nSPS) is 16.1. The number of amides is 1. The zero-order valence-electron chi connectivity index (χ0n) is 19.7. The van der Waals surface area contributed by atoms with Crippen molar-refractivity contribution >= 4 is 29.3 Å². The van der Waals surface area contributed by atoms with Crippen molar-refractivity contribution in [2.24, 2.45) is 5.41 Å². The van der Waals surface area contributed by atoms with Crippen molar-refractivity contribution in [2.45, 2.75) is 19.5 Å². The Kier molecular flexibility index (Phi) is 6.74. The number of anilines is 2. The first-order valence-electron chi connectivity index (χ1n) is 11.8. The van der Waals surface area contributed by atoms with E-state index in [1.165, 1.54) is 0 Å². The highest BCUT2D eigenvalue weighted by Gasteiger charge is 2.43. The third-order valence-corrected chi connectivity index (χ3v) is 7.01. The van der Waals surface area contributed by atoms with Crippen LogP contribution in [0.3, 0.4) is 0 Å². The molecule has 2 aromatic carbocycles. The number of hydrogen-bond acceptors (Lipinski definition) is 7. The lowest BCUT2D eigenvalue weighted by molar-refractivity contribution is 0.0951. The molecule has 2 aliphatic rings. The van der Waals surface area contributed by atoms with Gasteiger partial charge in [-0.15, -0.1) is 0 Å². The van der Waals surface area contributed by atoms with Crippen molar-refractivity contribution in [1.29, 1.82) is 0 Å². The topological polar surface area (TPSA) is 91.4 Å². The first kappa shape index (κ1) is 23.4. The lowest BCUT2D eigenvalue weighted by Gasteiger charge is -2.39. The average molecular weight is 493 g/mol. The van der Waals surface area contributed by atoms with Gasteiger partial charge in [0, 0.05) is 50.9 Å². The minimum absolute atomic E-state index is 0.225. The van der Waals surface area contributed by atoms with Crippen molar-refractivity contribution in [3.63, 3.8) is 0 Å². The number of methoxy groups -OCH3 is 1. The smallest absolute Gasteiger partial charge is 0.256 e. The van der Waals surface area contributed by atoms with Crippen molar-refractivity contribution in [2.75, 3.05) is 43.5 Å². The number of carbonyl (C=O) groups excluding carboxylic acids is 1. The maximum atomic E-state index is 13.1. The summed E-state index contributed by atoms with van der Waals surface area (Å²) in [5.41, 5.74) is 2.70. The summed E-state index contributed by atoms with van der Waals surface area (Å²) in [6, 6.07) is 15.4. The average Bonchev–Trinajstić information content (AvgIpc) is 3.33. The monoisotopic (exact) mass is 492 g/mol. The Balaban J connectivity index is 1.35. The van der Waals surface area contributed by atoms with Gasteiger partial charge in [-0.3, -0.25) is 4.79 Å². The quantitative estimate of drug-likeness (QED) is 0.443. The third kappa shape index (κ3) is 5.18. The van der Waals surface area contributed by atoms with Crippen LogP contribution in [0.15, 0.2) is 54.7 Å². The van der Waals surface area contributed by atoms with Gasteiger partial charge >= 0.3 is 0 Å². The van der Waals surface area contributed by atoms with E-state index >= 15 is 0 Å². The van der Waals surface area contributed by atoms with E-state index < -0.39 is 0 Å². The molecule has 0 radical (unpaired) electrons. The molecule has 5 rings (SSSR count). The summed E-state index contributed by atoms with van der Waals surface area (Å²) in [6.45, 7) is 4.78. The highest BCUT2D eigenvalue weighted by atomic mass is 35.5. The molecule has 0 saturated carbocycles. The number of benzene rings is 2. The maximum Gasteiger partial charge on any atom is 0.256 e. The number of nitrogens with one attached hydrogen (secondary N) is 3. The third-order valence-electron chi connectivity index (χ3n) is 6.71. The van der Waals surface area contributed by atoms with Gasteiger partial charge in [0.15, 0.2) is 0 Å². The van der Waals surface area contributed by atoms with E-state index in [1.54, 1.807) is 13.3 Å². The number of hydrogen-bond donors (Lipinski definition) is 3. The van der Waals surface area contributed by atoms with Crippen LogP contribution in [0.1, 0.15) is 27.9 Å². The van der Waals surface area contributed by atoms with E-state index in [0.717, 1.165) is 43.7 Å². The molecule has 182 valence electrons. The van der Waals surface area contributed by atoms with E-state index in [-0.39, 0.29) is 5.91 Å². The largest absolute Gasteiger partial charge is 0.495 e. The van der Waals surface area contributed by atoms with E-state index in [2.05, 4.69) is 25.8 Å². The van der Waals surface area contributed by atoms with Crippen LogP contribution in [-0.2, 0) is 13.1 Å².